The number of rotatable bonds is 4. The van der Waals surface area contributed by atoms with E-state index < -0.39 is 0 Å². The van der Waals surface area contributed by atoms with Gasteiger partial charge in [-0.3, -0.25) is 4.79 Å². The SMILES string of the molecule is C#C.CCN(CO)c1ccc(NC(C)=O)cc1O. The van der Waals surface area contributed by atoms with Gasteiger partial charge in [-0.05, 0) is 19.1 Å². The number of carbonyl (C=O) groups excluding carboxylic acids is 1. The van der Waals surface area contributed by atoms with Gasteiger partial charge in [0.15, 0.2) is 0 Å². The highest BCUT2D eigenvalue weighted by Crippen LogP contribution is 2.29. The third kappa shape index (κ3) is 4.36. The highest BCUT2D eigenvalue weighted by atomic mass is 16.3. The first kappa shape index (κ1) is 15.8. The van der Waals surface area contributed by atoms with Crippen molar-refractivity contribution < 1.29 is 15.0 Å². The van der Waals surface area contributed by atoms with Crippen LogP contribution < -0.4 is 10.2 Å². The summed E-state index contributed by atoms with van der Waals surface area (Å²) in [6.45, 7) is 3.70. The van der Waals surface area contributed by atoms with Gasteiger partial charge in [-0.15, -0.1) is 12.8 Å². The molecule has 5 heteroatoms. The first-order valence-electron chi connectivity index (χ1n) is 5.38. The number of benzene rings is 1. The van der Waals surface area contributed by atoms with Crippen LogP contribution in [0.2, 0.25) is 0 Å². The Morgan fingerprint density at radius 3 is 2.44 bits per heavy atom. The number of terminal acetylenes is 1. The van der Waals surface area contributed by atoms with Crippen LogP contribution in [-0.2, 0) is 4.79 Å². The number of carbonyl (C=O) groups is 1. The maximum Gasteiger partial charge on any atom is 0.221 e. The maximum atomic E-state index is 10.8. The lowest BCUT2D eigenvalue weighted by atomic mass is 10.2. The molecule has 0 fully saturated rings. The van der Waals surface area contributed by atoms with Crippen molar-refractivity contribution in [2.24, 2.45) is 0 Å². The zero-order chi connectivity index (χ0) is 14.1. The number of nitrogens with zero attached hydrogens (tertiary/aromatic N) is 1. The number of aliphatic hydroxyl groups is 1. The molecule has 0 radical (unpaired) electrons. The van der Waals surface area contributed by atoms with E-state index in [9.17, 15) is 9.90 Å². The number of phenolic OH excluding ortho intramolecular Hbond substituents is 1. The second-order valence-corrected chi connectivity index (χ2v) is 3.38. The van der Waals surface area contributed by atoms with Crippen LogP contribution >= 0.6 is 0 Å². The molecule has 1 aromatic carbocycles. The molecule has 0 atom stereocenters. The van der Waals surface area contributed by atoms with Crippen LogP contribution in [0.15, 0.2) is 18.2 Å². The normalized spacial score (nSPS) is 8.94. The number of phenols is 1. The quantitative estimate of drug-likeness (QED) is 0.557. The molecule has 0 bridgehead atoms. The van der Waals surface area contributed by atoms with E-state index in [-0.39, 0.29) is 18.4 Å². The topological polar surface area (TPSA) is 72.8 Å². The van der Waals surface area contributed by atoms with Gasteiger partial charge in [-0.2, -0.15) is 0 Å². The molecular weight excluding hydrogens is 232 g/mol. The third-order valence-corrected chi connectivity index (χ3v) is 2.19. The lowest BCUT2D eigenvalue weighted by molar-refractivity contribution is -0.114. The van der Waals surface area contributed by atoms with E-state index in [1.54, 1.807) is 17.0 Å². The Kier molecular flexibility index (Phi) is 7.01. The van der Waals surface area contributed by atoms with Crippen molar-refractivity contribution in [3.8, 4) is 18.6 Å². The van der Waals surface area contributed by atoms with Crippen molar-refractivity contribution >= 4 is 17.3 Å². The predicted molar refractivity (Wildman–Crippen MR) is 72.4 cm³/mol. The van der Waals surface area contributed by atoms with Crippen LogP contribution in [0.5, 0.6) is 5.75 Å². The molecule has 0 saturated carbocycles. The van der Waals surface area contributed by atoms with Crippen LogP contribution in [0.25, 0.3) is 0 Å². The Bertz CT molecular complexity index is 412. The average Bonchev–Trinajstić information content (AvgIpc) is 2.35. The zero-order valence-corrected chi connectivity index (χ0v) is 10.6. The first-order valence-corrected chi connectivity index (χ1v) is 5.38. The Balaban J connectivity index is 0.00000137. The summed E-state index contributed by atoms with van der Waals surface area (Å²) in [7, 11) is 0. The van der Waals surface area contributed by atoms with E-state index in [0.717, 1.165) is 0 Å². The molecule has 0 spiro atoms. The van der Waals surface area contributed by atoms with E-state index in [0.29, 0.717) is 17.9 Å². The Morgan fingerprint density at radius 2 is 2.06 bits per heavy atom. The van der Waals surface area contributed by atoms with Gasteiger partial charge in [0, 0.05) is 25.2 Å². The smallest absolute Gasteiger partial charge is 0.221 e. The van der Waals surface area contributed by atoms with Gasteiger partial charge >= 0.3 is 0 Å². The number of anilines is 2. The molecule has 0 aliphatic rings. The van der Waals surface area contributed by atoms with Crippen molar-refractivity contribution in [3.63, 3.8) is 0 Å². The van der Waals surface area contributed by atoms with Gasteiger partial charge < -0.3 is 20.4 Å². The van der Waals surface area contributed by atoms with E-state index in [2.05, 4.69) is 18.2 Å². The van der Waals surface area contributed by atoms with E-state index in [1.807, 2.05) is 6.92 Å². The first-order chi connectivity index (χ1) is 8.58. The van der Waals surface area contributed by atoms with Crippen molar-refractivity contribution in [1.29, 1.82) is 0 Å². The minimum Gasteiger partial charge on any atom is -0.506 e. The zero-order valence-electron chi connectivity index (χ0n) is 10.6. The molecule has 0 saturated heterocycles. The standard InChI is InChI=1S/C11H16N2O3.C2H2/c1-3-13(7-14)10-5-4-9(6-11(10)16)12-8(2)15;1-2/h4-6,14,16H,3,7H2,1-2H3,(H,12,15);1-2H. The minimum absolute atomic E-state index is 0.0298. The Labute approximate surface area is 107 Å². The number of amides is 1. The van der Waals surface area contributed by atoms with E-state index in [4.69, 9.17) is 5.11 Å². The van der Waals surface area contributed by atoms with E-state index >= 15 is 0 Å². The molecular formula is C13H18N2O3. The van der Waals surface area contributed by atoms with Crippen LogP contribution in [-0.4, -0.2) is 29.4 Å². The molecule has 1 aromatic rings. The lowest BCUT2D eigenvalue weighted by Gasteiger charge is -2.21. The number of nitrogens with one attached hydrogen (secondary N) is 1. The number of aromatic hydroxyl groups is 1. The molecule has 98 valence electrons. The second-order valence-electron chi connectivity index (χ2n) is 3.38. The van der Waals surface area contributed by atoms with Gasteiger partial charge in [0.05, 0.1) is 5.69 Å². The Hall–Kier alpha value is -2.19. The summed E-state index contributed by atoms with van der Waals surface area (Å²) in [5.41, 5.74) is 1.07. The van der Waals surface area contributed by atoms with Gasteiger partial charge in [0.25, 0.3) is 0 Å². The lowest BCUT2D eigenvalue weighted by Crippen LogP contribution is -2.23. The van der Waals surface area contributed by atoms with Gasteiger partial charge in [0.1, 0.15) is 12.5 Å². The Morgan fingerprint density at radius 1 is 1.44 bits per heavy atom. The second kappa shape index (κ2) is 7.98. The van der Waals surface area contributed by atoms with Crippen molar-refractivity contribution in [2.45, 2.75) is 13.8 Å². The van der Waals surface area contributed by atoms with E-state index in [1.165, 1.54) is 13.0 Å². The van der Waals surface area contributed by atoms with Gasteiger partial charge in [-0.25, -0.2) is 0 Å². The summed E-state index contributed by atoms with van der Waals surface area (Å²) in [6.07, 6.45) is 8.00. The maximum absolute atomic E-state index is 10.8. The fraction of sp³-hybridized carbons (Fsp3) is 0.308. The number of hydrogen-bond acceptors (Lipinski definition) is 4. The monoisotopic (exact) mass is 250 g/mol. The van der Waals surface area contributed by atoms with Gasteiger partial charge in [0.2, 0.25) is 5.91 Å². The van der Waals surface area contributed by atoms with Crippen molar-refractivity contribution in [1.82, 2.24) is 0 Å². The summed E-state index contributed by atoms with van der Waals surface area (Å²) in [5.74, 6) is -0.163. The molecule has 3 N–H and O–H groups in total. The largest absolute Gasteiger partial charge is 0.506 e. The van der Waals surface area contributed by atoms with Crippen LogP contribution in [0.3, 0.4) is 0 Å². The summed E-state index contributed by atoms with van der Waals surface area (Å²) < 4.78 is 0. The van der Waals surface area contributed by atoms with Crippen molar-refractivity contribution in [3.05, 3.63) is 18.2 Å². The summed E-state index contributed by atoms with van der Waals surface area (Å²) in [4.78, 5) is 12.4. The molecule has 5 nitrogen and oxygen atoms in total. The molecule has 0 aliphatic heterocycles. The average molecular weight is 250 g/mol. The molecule has 0 aromatic heterocycles. The fourth-order valence-electron chi connectivity index (χ4n) is 1.42. The summed E-state index contributed by atoms with van der Waals surface area (Å²) in [6, 6.07) is 4.78. The summed E-state index contributed by atoms with van der Waals surface area (Å²) >= 11 is 0. The predicted octanol–water partition coefficient (Wildman–Crippen LogP) is 1.38. The molecule has 0 aliphatic carbocycles. The molecule has 1 amide bonds. The minimum atomic E-state index is -0.193. The van der Waals surface area contributed by atoms with Crippen LogP contribution in [0, 0.1) is 12.8 Å². The van der Waals surface area contributed by atoms with Crippen LogP contribution in [0.1, 0.15) is 13.8 Å². The molecule has 0 unspecified atom stereocenters. The van der Waals surface area contributed by atoms with Crippen LogP contribution in [0.4, 0.5) is 11.4 Å². The molecule has 1 rings (SSSR count). The fourth-order valence-corrected chi connectivity index (χ4v) is 1.42. The highest BCUT2D eigenvalue weighted by molar-refractivity contribution is 5.89. The summed E-state index contributed by atoms with van der Waals surface area (Å²) in [5, 5.41) is 21.4. The number of aliphatic hydroxyl groups excluding tert-OH is 1. The molecule has 18 heavy (non-hydrogen) atoms. The third-order valence-electron chi connectivity index (χ3n) is 2.19. The molecule has 0 heterocycles. The van der Waals surface area contributed by atoms with Crippen molar-refractivity contribution in [2.75, 3.05) is 23.5 Å². The van der Waals surface area contributed by atoms with Gasteiger partial charge in [-0.1, -0.05) is 0 Å². The number of hydrogen-bond donors (Lipinski definition) is 3. The highest BCUT2D eigenvalue weighted by Gasteiger charge is 2.09.